The van der Waals surface area contributed by atoms with Crippen LogP contribution in [0, 0.1) is 0 Å². The predicted octanol–water partition coefficient (Wildman–Crippen LogP) is 0.692. The Balaban J connectivity index is 2.13. The van der Waals surface area contributed by atoms with Crippen molar-refractivity contribution in [3.05, 3.63) is 0 Å². The molecule has 11 heavy (non-hydrogen) atoms. The third-order valence-electron chi connectivity index (χ3n) is 1.92. The first kappa shape index (κ1) is 8.53. The lowest BCUT2D eigenvalue weighted by Crippen LogP contribution is -2.24. The van der Waals surface area contributed by atoms with Crippen molar-refractivity contribution < 1.29 is 9.53 Å². The normalized spacial score (nSPS) is 18.6. The molecule has 1 aliphatic rings. The van der Waals surface area contributed by atoms with E-state index in [1.54, 1.807) is 7.05 Å². The number of hydrogen-bond donors (Lipinski definition) is 1. The molecule has 64 valence electrons. The van der Waals surface area contributed by atoms with Gasteiger partial charge in [-0.2, -0.15) is 0 Å². The van der Waals surface area contributed by atoms with Gasteiger partial charge >= 0.3 is 5.97 Å². The Kier molecular flexibility index (Phi) is 3.36. The molecular formula is C8H15NO2. The fourth-order valence-corrected chi connectivity index (χ4v) is 1.38. The largest absolute Gasteiger partial charge is 0.461 e. The summed E-state index contributed by atoms with van der Waals surface area (Å²) in [6.07, 6.45) is 4.72. The van der Waals surface area contributed by atoms with E-state index in [-0.39, 0.29) is 12.1 Å². The smallest absolute Gasteiger partial charge is 0.320 e. The van der Waals surface area contributed by atoms with Crippen LogP contribution in [-0.4, -0.2) is 25.7 Å². The van der Waals surface area contributed by atoms with Gasteiger partial charge in [-0.15, -0.1) is 0 Å². The first-order valence-corrected chi connectivity index (χ1v) is 4.17. The number of hydrogen-bond acceptors (Lipinski definition) is 3. The van der Waals surface area contributed by atoms with Crippen molar-refractivity contribution in [2.75, 3.05) is 13.6 Å². The molecule has 0 saturated heterocycles. The fraction of sp³-hybridized carbons (Fsp3) is 0.875. The Hall–Kier alpha value is -0.570. The second kappa shape index (κ2) is 4.34. The summed E-state index contributed by atoms with van der Waals surface area (Å²) in [5, 5.41) is 2.77. The topological polar surface area (TPSA) is 38.3 Å². The molecule has 0 aromatic rings. The van der Waals surface area contributed by atoms with Crippen LogP contribution in [0.25, 0.3) is 0 Å². The van der Waals surface area contributed by atoms with Crippen LogP contribution in [0.3, 0.4) is 0 Å². The molecule has 0 aromatic heterocycles. The number of rotatable bonds is 3. The van der Waals surface area contributed by atoms with E-state index in [9.17, 15) is 4.79 Å². The van der Waals surface area contributed by atoms with Gasteiger partial charge in [0.05, 0.1) is 6.54 Å². The first-order valence-electron chi connectivity index (χ1n) is 4.17. The summed E-state index contributed by atoms with van der Waals surface area (Å²) in [6, 6.07) is 0. The molecular weight excluding hydrogens is 142 g/mol. The lowest BCUT2D eigenvalue weighted by molar-refractivity contribution is -0.147. The second-order valence-electron chi connectivity index (χ2n) is 2.93. The van der Waals surface area contributed by atoms with Gasteiger partial charge in [0.2, 0.25) is 0 Å². The fourth-order valence-electron chi connectivity index (χ4n) is 1.38. The van der Waals surface area contributed by atoms with Crippen molar-refractivity contribution in [1.29, 1.82) is 0 Å². The summed E-state index contributed by atoms with van der Waals surface area (Å²) in [4.78, 5) is 10.9. The number of carbonyl (C=O) groups is 1. The van der Waals surface area contributed by atoms with Gasteiger partial charge in [-0.25, -0.2) is 0 Å². The Morgan fingerprint density at radius 3 is 2.73 bits per heavy atom. The van der Waals surface area contributed by atoms with Crippen LogP contribution in [0.15, 0.2) is 0 Å². The van der Waals surface area contributed by atoms with Crippen LogP contribution in [0.2, 0.25) is 0 Å². The minimum atomic E-state index is -0.126. The molecule has 0 amide bonds. The van der Waals surface area contributed by atoms with Gasteiger partial charge < -0.3 is 10.1 Å². The number of esters is 1. The molecule has 1 rings (SSSR count). The molecule has 1 N–H and O–H groups in total. The van der Waals surface area contributed by atoms with Gasteiger partial charge in [0.1, 0.15) is 6.10 Å². The van der Waals surface area contributed by atoms with E-state index >= 15 is 0 Å². The van der Waals surface area contributed by atoms with Crippen molar-refractivity contribution in [1.82, 2.24) is 5.32 Å². The highest BCUT2D eigenvalue weighted by Crippen LogP contribution is 2.20. The van der Waals surface area contributed by atoms with Gasteiger partial charge in [0, 0.05) is 0 Å². The summed E-state index contributed by atoms with van der Waals surface area (Å²) >= 11 is 0. The summed E-state index contributed by atoms with van der Waals surface area (Å²) in [5.74, 6) is -0.126. The zero-order valence-corrected chi connectivity index (χ0v) is 6.93. The van der Waals surface area contributed by atoms with E-state index in [4.69, 9.17) is 4.74 Å². The number of carbonyl (C=O) groups excluding carboxylic acids is 1. The molecule has 1 aliphatic carbocycles. The zero-order chi connectivity index (χ0) is 8.10. The molecule has 0 bridgehead atoms. The zero-order valence-electron chi connectivity index (χ0n) is 6.93. The maximum absolute atomic E-state index is 10.9. The van der Waals surface area contributed by atoms with Crippen LogP contribution in [0.1, 0.15) is 25.7 Å². The van der Waals surface area contributed by atoms with Gasteiger partial charge in [0.25, 0.3) is 0 Å². The lowest BCUT2D eigenvalue weighted by Gasteiger charge is -2.10. The van der Waals surface area contributed by atoms with E-state index in [0.717, 1.165) is 12.8 Å². The van der Waals surface area contributed by atoms with E-state index in [1.165, 1.54) is 12.8 Å². The molecule has 3 nitrogen and oxygen atoms in total. The number of nitrogens with one attached hydrogen (secondary N) is 1. The van der Waals surface area contributed by atoms with Crippen molar-refractivity contribution in [3.8, 4) is 0 Å². The van der Waals surface area contributed by atoms with Gasteiger partial charge in [-0.3, -0.25) is 4.79 Å². The van der Waals surface area contributed by atoms with Crippen LogP contribution in [-0.2, 0) is 9.53 Å². The first-order chi connectivity index (χ1) is 5.33. The third kappa shape index (κ3) is 2.89. The Bertz CT molecular complexity index is 130. The highest BCUT2D eigenvalue weighted by atomic mass is 16.5. The van der Waals surface area contributed by atoms with E-state index in [1.807, 2.05) is 0 Å². The molecule has 0 unspecified atom stereocenters. The van der Waals surface area contributed by atoms with Crippen molar-refractivity contribution in [3.63, 3.8) is 0 Å². The van der Waals surface area contributed by atoms with Crippen molar-refractivity contribution in [2.45, 2.75) is 31.8 Å². The Morgan fingerprint density at radius 1 is 1.55 bits per heavy atom. The second-order valence-corrected chi connectivity index (χ2v) is 2.93. The Morgan fingerprint density at radius 2 is 2.18 bits per heavy atom. The highest BCUT2D eigenvalue weighted by Gasteiger charge is 2.18. The molecule has 3 heteroatoms. The summed E-state index contributed by atoms with van der Waals surface area (Å²) in [5.41, 5.74) is 0. The summed E-state index contributed by atoms with van der Waals surface area (Å²) in [6.45, 7) is 0.330. The monoisotopic (exact) mass is 157 g/mol. The minimum Gasteiger partial charge on any atom is -0.461 e. The standard InChI is InChI=1S/C8H15NO2/c1-9-6-8(10)11-7-4-2-3-5-7/h7,9H,2-6H2,1H3. The van der Waals surface area contributed by atoms with Crippen LogP contribution in [0.5, 0.6) is 0 Å². The van der Waals surface area contributed by atoms with E-state index in [2.05, 4.69) is 5.32 Å². The summed E-state index contributed by atoms with van der Waals surface area (Å²) in [7, 11) is 1.75. The average molecular weight is 157 g/mol. The van der Waals surface area contributed by atoms with E-state index in [0.29, 0.717) is 6.54 Å². The molecule has 0 radical (unpaired) electrons. The molecule has 1 saturated carbocycles. The van der Waals surface area contributed by atoms with Crippen LogP contribution < -0.4 is 5.32 Å². The van der Waals surface area contributed by atoms with Crippen LogP contribution in [0.4, 0.5) is 0 Å². The minimum absolute atomic E-state index is 0.126. The van der Waals surface area contributed by atoms with E-state index < -0.39 is 0 Å². The Labute approximate surface area is 67.1 Å². The van der Waals surface area contributed by atoms with Gasteiger partial charge in [0.15, 0.2) is 0 Å². The molecule has 0 aliphatic heterocycles. The maximum atomic E-state index is 10.9. The maximum Gasteiger partial charge on any atom is 0.320 e. The molecule has 0 spiro atoms. The summed E-state index contributed by atoms with van der Waals surface area (Å²) < 4.78 is 5.15. The average Bonchev–Trinajstić information content (AvgIpc) is 2.40. The molecule has 0 atom stereocenters. The van der Waals surface area contributed by atoms with Gasteiger partial charge in [-0.1, -0.05) is 0 Å². The quantitative estimate of drug-likeness (QED) is 0.612. The lowest BCUT2D eigenvalue weighted by atomic mass is 10.3. The third-order valence-corrected chi connectivity index (χ3v) is 1.92. The molecule has 0 heterocycles. The molecule has 1 fully saturated rings. The van der Waals surface area contributed by atoms with Crippen molar-refractivity contribution >= 4 is 5.97 Å². The number of likely N-dealkylation sites (N-methyl/N-ethyl adjacent to an activating group) is 1. The SMILES string of the molecule is CNCC(=O)OC1CCCC1. The molecule has 0 aromatic carbocycles. The van der Waals surface area contributed by atoms with Crippen molar-refractivity contribution in [2.24, 2.45) is 0 Å². The van der Waals surface area contributed by atoms with Gasteiger partial charge in [-0.05, 0) is 32.7 Å². The predicted molar refractivity (Wildman–Crippen MR) is 42.3 cm³/mol. The highest BCUT2D eigenvalue weighted by molar-refractivity contribution is 5.71. The van der Waals surface area contributed by atoms with Crippen LogP contribution >= 0.6 is 0 Å². The number of ether oxygens (including phenoxy) is 1.